The molecule has 0 unspecified atom stereocenters. The molecule has 0 spiro atoms. The van der Waals surface area contributed by atoms with Crippen molar-refractivity contribution in [2.45, 2.75) is 20.3 Å². The molecule has 2 aromatic carbocycles. The molecule has 1 heterocycles. The van der Waals surface area contributed by atoms with Crippen molar-refractivity contribution >= 4 is 50.5 Å². The first-order chi connectivity index (χ1) is 13.5. The van der Waals surface area contributed by atoms with E-state index in [2.05, 4.69) is 33.2 Å². The molecule has 1 amide bonds. The van der Waals surface area contributed by atoms with E-state index in [0.29, 0.717) is 28.2 Å². The normalized spacial score (nSPS) is 16.5. The van der Waals surface area contributed by atoms with E-state index in [-0.39, 0.29) is 5.91 Å². The number of amides is 1. The van der Waals surface area contributed by atoms with Crippen LogP contribution in [-0.2, 0) is 11.2 Å². The zero-order valence-corrected chi connectivity index (χ0v) is 18.3. The Balaban J connectivity index is 1.85. The summed E-state index contributed by atoms with van der Waals surface area (Å²) in [5.41, 5.74) is 2.89. The number of methoxy groups -OCH3 is 1. The van der Waals surface area contributed by atoms with Crippen LogP contribution in [0.5, 0.6) is 11.5 Å². The van der Waals surface area contributed by atoms with E-state index >= 15 is 0 Å². The molecular formula is C21H21BrN2O3S. The van der Waals surface area contributed by atoms with Gasteiger partial charge in [0.15, 0.2) is 16.7 Å². The topological polar surface area (TPSA) is 59.9 Å². The molecule has 146 valence electrons. The summed E-state index contributed by atoms with van der Waals surface area (Å²) in [5.74, 6) is 1.10. The third-order valence-electron chi connectivity index (χ3n) is 4.10. The summed E-state index contributed by atoms with van der Waals surface area (Å²) in [6, 6.07) is 11.7. The highest BCUT2D eigenvalue weighted by atomic mass is 79.9. The number of hydrogen-bond donors (Lipinski definition) is 1. The number of ether oxygens (including phenoxy) is 2. The molecular weight excluding hydrogens is 440 g/mol. The lowest BCUT2D eigenvalue weighted by Gasteiger charge is -2.11. The summed E-state index contributed by atoms with van der Waals surface area (Å²) in [4.78, 5) is 17.5. The number of nitrogens with one attached hydrogen (secondary N) is 1. The molecule has 0 aromatic heterocycles. The number of amidine groups is 1. The van der Waals surface area contributed by atoms with Crippen LogP contribution in [0.4, 0.5) is 5.69 Å². The summed E-state index contributed by atoms with van der Waals surface area (Å²) in [6.07, 6.45) is 2.80. The molecule has 0 saturated carbocycles. The van der Waals surface area contributed by atoms with Crippen LogP contribution in [0, 0.1) is 0 Å². The Kier molecular flexibility index (Phi) is 6.80. The molecule has 7 heteroatoms. The predicted molar refractivity (Wildman–Crippen MR) is 118 cm³/mol. The fraction of sp³-hybridized carbons (Fsp3) is 0.238. The highest BCUT2D eigenvalue weighted by molar-refractivity contribution is 9.10. The number of benzene rings is 2. The Morgan fingerprint density at radius 2 is 1.93 bits per heavy atom. The molecule has 5 nitrogen and oxygen atoms in total. The van der Waals surface area contributed by atoms with Gasteiger partial charge in [0.1, 0.15) is 0 Å². The van der Waals surface area contributed by atoms with Gasteiger partial charge in [-0.1, -0.05) is 35.0 Å². The molecule has 1 aliphatic rings. The quantitative estimate of drug-likeness (QED) is 0.593. The fourth-order valence-electron chi connectivity index (χ4n) is 2.63. The van der Waals surface area contributed by atoms with Crippen molar-refractivity contribution in [2.75, 3.05) is 13.7 Å². The van der Waals surface area contributed by atoms with Crippen molar-refractivity contribution in [3.05, 3.63) is 56.9 Å². The number of aliphatic imine (C=N–C) groups is 1. The Labute approximate surface area is 177 Å². The van der Waals surface area contributed by atoms with Gasteiger partial charge in [-0.15, -0.1) is 0 Å². The van der Waals surface area contributed by atoms with Crippen LogP contribution < -0.4 is 14.8 Å². The Bertz CT molecular complexity index is 939. The average molecular weight is 461 g/mol. The minimum atomic E-state index is -0.172. The predicted octanol–water partition coefficient (Wildman–Crippen LogP) is 5.31. The molecule has 2 aromatic rings. The molecule has 28 heavy (non-hydrogen) atoms. The van der Waals surface area contributed by atoms with Crippen molar-refractivity contribution < 1.29 is 14.3 Å². The first kappa shape index (κ1) is 20.5. The number of thioether (sulfide) groups is 1. The average Bonchev–Trinajstić information content (AvgIpc) is 3.03. The van der Waals surface area contributed by atoms with E-state index in [0.717, 1.165) is 22.1 Å². The van der Waals surface area contributed by atoms with Crippen molar-refractivity contribution in [1.29, 1.82) is 0 Å². The van der Waals surface area contributed by atoms with Gasteiger partial charge in [-0.25, -0.2) is 4.99 Å². The van der Waals surface area contributed by atoms with Gasteiger partial charge in [0.2, 0.25) is 0 Å². The van der Waals surface area contributed by atoms with Crippen molar-refractivity contribution in [3.63, 3.8) is 0 Å². The highest BCUT2D eigenvalue weighted by Gasteiger charge is 2.24. The van der Waals surface area contributed by atoms with Crippen LogP contribution >= 0.6 is 27.7 Å². The standard InChI is InChI=1S/C21H21BrN2O3S/c1-4-13-6-8-15(9-7-13)23-21-24-20(25)19(28-21)11-14-10-18(27-5-2)17(26-3)12-16(14)22/h6-12H,4-5H2,1-3H3,(H,23,24,25)/b19-11-. The van der Waals surface area contributed by atoms with Crippen LogP contribution in [0.2, 0.25) is 0 Å². The van der Waals surface area contributed by atoms with Gasteiger partial charge in [0.05, 0.1) is 24.3 Å². The maximum absolute atomic E-state index is 12.4. The van der Waals surface area contributed by atoms with E-state index in [1.54, 1.807) is 7.11 Å². The van der Waals surface area contributed by atoms with Crippen molar-refractivity contribution in [2.24, 2.45) is 4.99 Å². The second-order valence-corrected chi connectivity index (χ2v) is 7.84. The number of aryl methyl sites for hydroxylation is 1. The van der Waals surface area contributed by atoms with Gasteiger partial charge < -0.3 is 14.8 Å². The van der Waals surface area contributed by atoms with Crippen LogP contribution in [0.15, 0.2) is 50.8 Å². The largest absolute Gasteiger partial charge is 0.493 e. The number of rotatable bonds is 6. The number of carbonyl (C=O) groups excluding carboxylic acids is 1. The lowest BCUT2D eigenvalue weighted by atomic mass is 10.2. The van der Waals surface area contributed by atoms with Crippen LogP contribution in [-0.4, -0.2) is 24.8 Å². The summed E-state index contributed by atoms with van der Waals surface area (Å²) in [6.45, 7) is 4.55. The minimum Gasteiger partial charge on any atom is -0.493 e. The van der Waals surface area contributed by atoms with Crippen molar-refractivity contribution in [1.82, 2.24) is 5.32 Å². The number of hydrogen-bond acceptors (Lipinski definition) is 5. The molecule has 1 saturated heterocycles. The molecule has 1 fully saturated rings. The second-order valence-electron chi connectivity index (χ2n) is 5.96. The zero-order chi connectivity index (χ0) is 20.1. The molecule has 0 bridgehead atoms. The summed E-state index contributed by atoms with van der Waals surface area (Å²) >= 11 is 4.85. The Morgan fingerprint density at radius 3 is 2.57 bits per heavy atom. The lowest BCUT2D eigenvalue weighted by molar-refractivity contribution is -0.115. The van der Waals surface area contributed by atoms with E-state index in [1.165, 1.54) is 17.3 Å². The maximum Gasteiger partial charge on any atom is 0.264 e. The summed E-state index contributed by atoms with van der Waals surface area (Å²) < 4.78 is 11.8. The Morgan fingerprint density at radius 1 is 1.18 bits per heavy atom. The third-order valence-corrected chi connectivity index (χ3v) is 5.69. The number of halogens is 1. The number of nitrogens with zero attached hydrogens (tertiary/aromatic N) is 1. The van der Waals surface area contributed by atoms with Crippen LogP contribution in [0.3, 0.4) is 0 Å². The molecule has 0 radical (unpaired) electrons. The van der Waals surface area contributed by atoms with Gasteiger partial charge in [0.25, 0.3) is 5.91 Å². The fourth-order valence-corrected chi connectivity index (χ4v) is 3.90. The van der Waals surface area contributed by atoms with Gasteiger partial charge >= 0.3 is 0 Å². The molecule has 1 aliphatic heterocycles. The first-order valence-electron chi connectivity index (χ1n) is 8.92. The SMILES string of the molecule is CCOc1cc(/C=C2\SC(=Nc3ccc(CC)cc3)NC2=O)c(Br)cc1OC. The minimum absolute atomic E-state index is 0.172. The van der Waals surface area contributed by atoms with E-state index in [9.17, 15) is 4.79 Å². The van der Waals surface area contributed by atoms with E-state index in [1.807, 2.05) is 49.4 Å². The maximum atomic E-state index is 12.4. The molecule has 0 aliphatic carbocycles. The number of carbonyl (C=O) groups is 1. The van der Waals surface area contributed by atoms with Crippen molar-refractivity contribution in [3.8, 4) is 11.5 Å². The summed E-state index contributed by atoms with van der Waals surface area (Å²) in [7, 11) is 1.60. The van der Waals surface area contributed by atoms with Gasteiger partial charge in [0, 0.05) is 4.47 Å². The summed E-state index contributed by atoms with van der Waals surface area (Å²) in [5, 5.41) is 3.38. The molecule has 3 rings (SSSR count). The monoisotopic (exact) mass is 460 g/mol. The first-order valence-corrected chi connectivity index (χ1v) is 10.5. The van der Waals surface area contributed by atoms with Gasteiger partial charge in [-0.3, -0.25) is 4.79 Å². The molecule has 0 atom stereocenters. The van der Waals surface area contributed by atoms with Crippen LogP contribution in [0.1, 0.15) is 25.0 Å². The third kappa shape index (κ3) is 4.77. The van der Waals surface area contributed by atoms with Gasteiger partial charge in [-0.05, 0) is 66.6 Å². The van der Waals surface area contributed by atoms with Gasteiger partial charge in [-0.2, -0.15) is 0 Å². The second kappa shape index (κ2) is 9.30. The Hall–Kier alpha value is -2.25. The van der Waals surface area contributed by atoms with E-state index in [4.69, 9.17) is 9.47 Å². The van der Waals surface area contributed by atoms with Crippen LogP contribution in [0.25, 0.3) is 6.08 Å². The van der Waals surface area contributed by atoms with E-state index < -0.39 is 0 Å². The highest BCUT2D eigenvalue weighted by Crippen LogP contribution is 2.36. The smallest absolute Gasteiger partial charge is 0.264 e. The zero-order valence-electron chi connectivity index (χ0n) is 15.9. The lowest BCUT2D eigenvalue weighted by Crippen LogP contribution is -2.19. The molecule has 1 N–H and O–H groups in total.